The second-order valence-electron chi connectivity index (χ2n) is 2.81. The number of alkyl halides is 2. The average molecular weight is 197 g/mol. The van der Waals surface area contributed by atoms with E-state index in [1.54, 1.807) is 19.1 Å². The fourth-order valence-corrected chi connectivity index (χ4v) is 1.07. The largest absolute Gasteiger partial charge is 0.435 e. The summed E-state index contributed by atoms with van der Waals surface area (Å²) >= 11 is 0. The maximum absolute atomic E-state index is 11.9. The van der Waals surface area contributed by atoms with Crippen molar-refractivity contribution in [1.82, 2.24) is 0 Å². The number of ether oxygens (including phenoxy) is 1. The molecule has 0 spiro atoms. The van der Waals surface area contributed by atoms with Crippen LogP contribution in [0.4, 0.5) is 8.78 Å². The Kier molecular flexibility index (Phi) is 3.41. The number of hydrogen-bond donors (Lipinski definition) is 0. The van der Waals surface area contributed by atoms with Crippen LogP contribution in [0.5, 0.6) is 5.75 Å². The lowest BCUT2D eigenvalue weighted by molar-refractivity contribution is -0.0503. The number of nitrogens with zero attached hydrogens (tertiary/aromatic N) is 1. The highest BCUT2D eigenvalue weighted by molar-refractivity contribution is 5.37. The van der Waals surface area contributed by atoms with Crippen molar-refractivity contribution in [3.8, 4) is 11.8 Å². The van der Waals surface area contributed by atoms with Gasteiger partial charge in [0.1, 0.15) is 5.75 Å². The molecule has 74 valence electrons. The maximum Gasteiger partial charge on any atom is 0.387 e. The van der Waals surface area contributed by atoms with Gasteiger partial charge >= 0.3 is 6.61 Å². The number of halogens is 2. The quantitative estimate of drug-likeness (QED) is 0.746. The van der Waals surface area contributed by atoms with Crippen molar-refractivity contribution in [3.05, 3.63) is 29.3 Å². The van der Waals surface area contributed by atoms with Crippen LogP contribution in [0.3, 0.4) is 0 Å². The molecule has 0 saturated heterocycles. The smallest absolute Gasteiger partial charge is 0.387 e. The number of benzene rings is 1. The zero-order valence-electron chi connectivity index (χ0n) is 7.63. The molecule has 0 atom stereocenters. The van der Waals surface area contributed by atoms with Gasteiger partial charge in [-0.05, 0) is 24.1 Å². The topological polar surface area (TPSA) is 33.0 Å². The van der Waals surface area contributed by atoms with Gasteiger partial charge in [0.05, 0.1) is 12.5 Å². The molecule has 0 aliphatic carbocycles. The summed E-state index contributed by atoms with van der Waals surface area (Å²) in [6.45, 7) is -1.15. The molecular formula is C10H9F2NO. The van der Waals surface area contributed by atoms with Gasteiger partial charge in [-0.2, -0.15) is 14.0 Å². The molecule has 0 unspecified atom stereocenters. The summed E-state index contributed by atoms with van der Waals surface area (Å²) in [6.07, 6.45) is 0.194. The first kappa shape index (κ1) is 10.5. The van der Waals surface area contributed by atoms with Gasteiger partial charge in [0.25, 0.3) is 0 Å². The minimum atomic E-state index is -2.83. The third kappa shape index (κ3) is 2.70. The molecule has 14 heavy (non-hydrogen) atoms. The summed E-state index contributed by atoms with van der Waals surface area (Å²) in [7, 11) is 0. The molecule has 1 aromatic rings. The second kappa shape index (κ2) is 4.56. The van der Waals surface area contributed by atoms with E-state index in [2.05, 4.69) is 4.74 Å². The van der Waals surface area contributed by atoms with Crippen molar-refractivity contribution in [2.75, 3.05) is 0 Å². The Bertz CT molecular complexity index is 358. The molecule has 0 aromatic heterocycles. The van der Waals surface area contributed by atoms with Gasteiger partial charge in [-0.15, -0.1) is 0 Å². The summed E-state index contributed by atoms with van der Waals surface area (Å²) < 4.78 is 28.2. The van der Waals surface area contributed by atoms with Crippen LogP contribution < -0.4 is 4.74 Å². The Labute approximate surface area is 80.7 Å². The predicted molar refractivity (Wildman–Crippen MR) is 47.1 cm³/mol. The zero-order valence-corrected chi connectivity index (χ0v) is 7.63. The molecule has 0 heterocycles. The monoisotopic (exact) mass is 197 g/mol. The number of hydrogen-bond acceptors (Lipinski definition) is 2. The molecule has 0 amide bonds. The minimum Gasteiger partial charge on any atom is -0.435 e. The molecule has 4 heteroatoms. The third-order valence-electron chi connectivity index (χ3n) is 1.75. The standard InChI is InChI=1S/C10H9F2NO/c1-7-2-3-8(4-5-13)6-9(7)14-10(11)12/h2-3,6,10H,4H2,1H3. The Morgan fingerprint density at radius 1 is 1.50 bits per heavy atom. The molecule has 0 radical (unpaired) electrons. The SMILES string of the molecule is Cc1ccc(CC#N)cc1OC(F)F. The maximum atomic E-state index is 11.9. The van der Waals surface area contributed by atoms with Crippen LogP contribution in [-0.4, -0.2) is 6.61 Å². The van der Waals surface area contributed by atoms with Crippen LogP contribution in [0, 0.1) is 18.3 Å². The van der Waals surface area contributed by atoms with E-state index >= 15 is 0 Å². The van der Waals surface area contributed by atoms with Gasteiger partial charge in [0, 0.05) is 0 Å². The van der Waals surface area contributed by atoms with Crippen LogP contribution in [0.1, 0.15) is 11.1 Å². The summed E-state index contributed by atoms with van der Waals surface area (Å²) in [5.41, 5.74) is 1.31. The average Bonchev–Trinajstić information content (AvgIpc) is 2.10. The molecule has 0 bridgehead atoms. The van der Waals surface area contributed by atoms with Gasteiger partial charge in [0.2, 0.25) is 0 Å². The molecular weight excluding hydrogens is 188 g/mol. The van der Waals surface area contributed by atoms with Crippen molar-refractivity contribution in [2.45, 2.75) is 20.0 Å². The molecule has 0 aliphatic rings. The van der Waals surface area contributed by atoms with Gasteiger partial charge in [-0.25, -0.2) is 0 Å². The van der Waals surface area contributed by atoms with Crippen LogP contribution >= 0.6 is 0 Å². The van der Waals surface area contributed by atoms with E-state index in [0.29, 0.717) is 11.1 Å². The molecule has 2 nitrogen and oxygen atoms in total. The van der Waals surface area contributed by atoms with Crippen LogP contribution in [0.2, 0.25) is 0 Å². The lowest BCUT2D eigenvalue weighted by Gasteiger charge is -2.08. The first-order valence-corrected chi connectivity index (χ1v) is 4.05. The van der Waals surface area contributed by atoms with Crippen LogP contribution in [0.15, 0.2) is 18.2 Å². The first-order chi connectivity index (χ1) is 6.63. The molecule has 0 fully saturated rings. The zero-order chi connectivity index (χ0) is 10.6. The second-order valence-corrected chi connectivity index (χ2v) is 2.81. The Morgan fingerprint density at radius 2 is 2.21 bits per heavy atom. The lowest BCUT2D eigenvalue weighted by Crippen LogP contribution is -2.03. The van der Waals surface area contributed by atoms with Crippen molar-refractivity contribution in [1.29, 1.82) is 5.26 Å². The van der Waals surface area contributed by atoms with E-state index in [1.807, 2.05) is 6.07 Å². The molecule has 0 aliphatic heterocycles. The molecule has 0 saturated carbocycles. The van der Waals surface area contributed by atoms with Crippen LogP contribution in [-0.2, 0) is 6.42 Å². The minimum absolute atomic E-state index is 0.132. The van der Waals surface area contributed by atoms with E-state index in [9.17, 15) is 8.78 Å². The summed E-state index contributed by atoms with van der Waals surface area (Å²) in [6, 6.07) is 6.78. The number of nitriles is 1. The van der Waals surface area contributed by atoms with E-state index in [1.165, 1.54) is 6.07 Å². The Hall–Kier alpha value is -1.63. The summed E-state index contributed by atoms with van der Waals surface area (Å²) in [5, 5.41) is 8.42. The van der Waals surface area contributed by atoms with Crippen molar-refractivity contribution < 1.29 is 13.5 Å². The Balaban J connectivity index is 2.91. The summed E-state index contributed by atoms with van der Waals surface area (Å²) in [5.74, 6) is 0.132. The molecule has 0 N–H and O–H groups in total. The number of rotatable bonds is 3. The lowest BCUT2D eigenvalue weighted by atomic mass is 10.1. The fraction of sp³-hybridized carbons (Fsp3) is 0.300. The normalized spacial score (nSPS) is 9.93. The van der Waals surface area contributed by atoms with Crippen molar-refractivity contribution in [2.24, 2.45) is 0 Å². The third-order valence-corrected chi connectivity index (χ3v) is 1.75. The van der Waals surface area contributed by atoms with Crippen molar-refractivity contribution >= 4 is 0 Å². The van der Waals surface area contributed by atoms with Gasteiger partial charge in [0.15, 0.2) is 0 Å². The Morgan fingerprint density at radius 3 is 2.79 bits per heavy atom. The highest BCUT2D eigenvalue weighted by Crippen LogP contribution is 2.21. The molecule has 1 rings (SSSR count). The van der Waals surface area contributed by atoms with Gasteiger partial charge in [-0.3, -0.25) is 0 Å². The van der Waals surface area contributed by atoms with E-state index < -0.39 is 6.61 Å². The predicted octanol–water partition coefficient (Wildman–Crippen LogP) is 2.66. The highest BCUT2D eigenvalue weighted by atomic mass is 19.3. The van der Waals surface area contributed by atoms with E-state index in [-0.39, 0.29) is 12.2 Å². The number of aryl methyl sites for hydroxylation is 1. The van der Waals surface area contributed by atoms with Crippen molar-refractivity contribution in [3.63, 3.8) is 0 Å². The van der Waals surface area contributed by atoms with E-state index in [4.69, 9.17) is 5.26 Å². The van der Waals surface area contributed by atoms with Gasteiger partial charge < -0.3 is 4.74 Å². The molecule has 1 aromatic carbocycles. The first-order valence-electron chi connectivity index (χ1n) is 4.05. The van der Waals surface area contributed by atoms with Gasteiger partial charge in [-0.1, -0.05) is 12.1 Å². The van der Waals surface area contributed by atoms with Crippen LogP contribution in [0.25, 0.3) is 0 Å². The van der Waals surface area contributed by atoms with E-state index in [0.717, 1.165) is 0 Å². The fourth-order valence-electron chi connectivity index (χ4n) is 1.07. The highest BCUT2D eigenvalue weighted by Gasteiger charge is 2.07. The summed E-state index contributed by atoms with van der Waals surface area (Å²) in [4.78, 5) is 0.